The summed E-state index contributed by atoms with van der Waals surface area (Å²) in [7, 11) is 0. The molecule has 0 radical (unpaired) electrons. The normalized spacial score (nSPS) is 20.2. The van der Waals surface area contributed by atoms with Crippen LogP contribution in [0.1, 0.15) is 37.3 Å². The summed E-state index contributed by atoms with van der Waals surface area (Å²) in [5.41, 5.74) is 1.01. The van der Waals surface area contributed by atoms with Crippen LogP contribution in [0.4, 0.5) is 0 Å². The number of nitrogens with one attached hydrogen (secondary N) is 1. The van der Waals surface area contributed by atoms with Gasteiger partial charge in [0.15, 0.2) is 0 Å². The Labute approximate surface area is 106 Å². The third-order valence-corrected chi connectivity index (χ3v) is 3.75. The Kier molecular flexibility index (Phi) is 3.11. The van der Waals surface area contributed by atoms with Crippen LogP contribution in [0.5, 0.6) is 0 Å². The molecule has 0 aliphatic heterocycles. The standard InChI is InChI=1S/C14H17NO3/c1-3-14(2,13(17)18)15-12(16)11-8-9-6-4-5-7-10(9)11/h4-7,11H,3,8H2,1-2H3,(H,15,16)(H,17,18). The molecule has 0 spiro atoms. The second-order valence-electron chi connectivity index (χ2n) is 4.94. The van der Waals surface area contributed by atoms with Gasteiger partial charge in [0.05, 0.1) is 5.92 Å². The molecule has 2 unspecified atom stereocenters. The zero-order valence-electron chi connectivity index (χ0n) is 10.6. The van der Waals surface area contributed by atoms with Gasteiger partial charge in [0.25, 0.3) is 0 Å². The molecule has 1 aliphatic carbocycles. The van der Waals surface area contributed by atoms with Gasteiger partial charge in [-0.1, -0.05) is 31.2 Å². The molecule has 18 heavy (non-hydrogen) atoms. The van der Waals surface area contributed by atoms with E-state index in [4.69, 9.17) is 5.11 Å². The second-order valence-corrected chi connectivity index (χ2v) is 4.94. The van der Waals surface area contributed by atoms with Crippen LogP contribution < -0.4 is 5.32 Å². The van der Waals surface area contributed by atoms with E-state index in [2.05, 4.69) is 5.32 Å². The molecule has 1 amide bonds. The fraction of sp³-hybridized carbons (Fsp3) is 0.429. The van der Waals surface area contributed by atoms with Gasteiger partial charge in [0, 0.05) is 0 Å². The molecule has 0 heterocycles. The zero-order chi connectivity index (χ0) is 13.3. The van der Waals surface area contributed by atoms with Crippen molar-refractivity contribution in [1.82, 2.24) is 5.32 Å². The smallest absolute Gasteiger partial charge is 0.329 e. The molecule has 2 atom stereocenters. The van der Waals surface area contributed by atoms with Gasteiger partial charge in [-0.2, -0.15) is 0 Å². The number of aliphatic carboxylic acids is 1. The predicted octanol–water partition coefficient (Wildman–Crippen LogP) is 1.70. The van der Waals surface area contributed by atoms with E-state index in [1.165, 1.54) is 12.5 Å². The maximum atomic E-state index is 12.1. The minimum atomic E-state index is -1.18. The van der Waals surface area contributed by atoms with Crippen molar-refractivity contribution in [3.63, 3.8) is 0 Å². The van der Waals surface area contributed by atoms with E-state index in [0.717, 1.165) is 5.56 Å². The molecular formula is C14H17NO3. The van der Waals surface area contributed by atoms with E-state index in [1.54, 1.807) is 6.92 Å². The minimum Gasteiger partial charge on any atom is -0.480 e. The summed E-state index contributed by atoms with van der Waals surface area (Å²) in [5.74, 6) is -1.39. The number of amides is 1. The molecule has 4 nitrogen and oxygen atoms in total. The van der Waals surface area contributed by atoms with Crippen molar-refractivity contribution < 1.29 is 14.7 Å². The Balaban J connectivity index is 2.10. The first kappa shape index (κ1) is 12.6. The molecule has 0 fully saturated rings. The quantitative estimate of drug-likeness (QED) is 0.851. The van der Waals surface area contributed by atoms with Crippen LogP contribution in [0.2, 0.25) is 0 Å². The van der Waals surface area contributed by atoms with Gasteiger partial charge in [-0.25, -0.2) is 4.79 Å². The summed E-state index contributed by atoms with van der Waals surface area (Å²) in [6.45, 7) is 3.29. The first-order valence-electron chi connectivity index (χ1n) is 6.11. The first-order valence-corrected chi connectivity index (χ1v) is 6.11. The van der Waals surface area contributed by atoms with Gasteiger partial charge in [-0.15, -0.1) is 0 Å². The molecule has 0 aromatic heterocycles. The van der Waals surface area contributed by atoms with Crippen LogP contribution in [-0.2, 0) is 16.0 Å². The molecule has 4 heteroatoms. The predicted molar refractivity (Wildman–Crippen MR) is 67.4 cm³/mol. The van der Waals surface area contributed by atoms with Gasteiger partial charge in [0.1, 0.15) is 5.54 Å². The van der Waals surface area contributed by atoms with Crippen molar-refractivity contribution in [2.75, 3.05) is 0 Å². The highest BCUT2D eigenvalue weighted by Gasteiger charge is 2.38. The van der Waals surface area contributed by atoms with Crippen molar-refractivity contribution in [3.05, 3.63) is 35.4 Å². The van der Waals surface area contributed by atoms with Crippen LogP contribution in [0, 0.1) is 0 Å². The van der Waals surface area contributed by atoms with Crippen molar-refractivity contribution in [2.45, 2.75) is 38.1 Å². The lowest BCUT2D eigenvalue weighted by Crippen LogP contribution is -2.54. The maximum Gasteiger partial charge on any atom is 0.329 e. The van der Waals surface area contributed by atoms with Crippen molar-refractivity contribution in [1.29, 1.82) is 0 Å². The topological polar surface area (TPSA) is 66.4 Å². The number of hydrogen-bond acceptors (Lipinski definition) is 2. The van der Waals surface area contributed by atoms with E-state index >= 15 is 0 Å². The number of rotatable bonds is 4. The number of carboxylic acid groups (broad SMARTS) is 1. The highest BCUT2D eigenvalue weighted by Crippen LogP contribution is 2.35. The molecule has 2 rings (SSSR count). The number of carboxylic acids is 1. The summed E-state index contributed by atoms with van der Waals surface area (Å²) in [5, 5.41) is 11.8. The summed E-state index contributed by atoms with van der Waals surface area (Å²) < 4.78 is 0. The fourth-order valence-corrected chi connectivity index (χ4v) is 2.14. The number of carbonyl (C=O) groups excluding carboxylic acids is 1. The molecule has 1 aliphatic rings. The van der Waals surface area contributed by atoms with E-state index in [0.29, 0.717) is 12.8 Å². The third-order valence-electron chi connectivity index (χ3n) is 3.75. The summed E-state index contributed by atoms with van der Waals surface area (Å²) >= 11 is 0. The highest BCUT2D eigenvalue weighted by molar-refractivity contribution is 5.92. The lowest BCUT2D eigenvalue weighted by Gasteiger charge is -2.33. The largest absolute Gasteiger partial charge is 0.480 e. The number of carbonyl (C=O) groups is 2. The Hall–Kier alpha value is -1.84. The third kappa shape index (κ3) is 1.98. The lowest BCUT2D eigenvalue weighted by atomic mass is 9.76. The van der Waals surface area contributed by atoms with Crippen molar-refractivity contribution >= 4 is 11.9 Å². The molecule has 2 N–H and O–H groups in total. The van der Waals surface area contributed by atoms with E-state index in [9.17, 15) is 9.59 Å². The molecule has 0 saturated heterocycles. The van der Waals surface area contributed by atoms with E-state index in [1.807, 2.05) is 24.3 Å². The Bertz CT molecular complexity index is 498. The molecule has 1 aromatic carbocycles. The molecular weight excluding hydrogens is 230 g/mol. The number of fused-ring (bicyclic) bond motifs is 1. The number of benzene rings is 1. The second kappa shape index (κ2) is 4.44. The van der Waals surface area contributed by atoms with E-state index in [-0.39, 0.29) is 11.8 Å². The summed E-state index contributed by atoms with van der Waals surface area (Å²) in [6, 6.07) is 7.76. The maximum absolute atomic E-state index is 12.1. The zero-order valence-corrected chi connectivity index (χ0v) is 10.6. The van der Waals surface area contributed by atoms with Crippen LogP contribution in [0.3, 0.4) is 0 Å². The average molecular weight is 247 g/mol. The van der Waals surface area contributed by atoms with Gasteiger partial charge in [0.2, 0.25) is 5.91 Å². The monoisotopic (exact) mass is 247 g/mol. The summed E-state index contributed by atoms with van der Waals surface area (Å²) in [4.78, 5) is 23.2. The van der Waals surface area contributed by atoms with Crippen molar-refractivity contribution in [2.24, 2.45) is 0 Å². The van der Waals surface area contributed by atoms with Gasteiger partial charge >= 0.3 is 5.97 Å². The van der Waals surface area contributed by atoms with E-state index < -0.39 is 11.5 Å². The Morgan fingerprint density at radius 2 is 2.11 bits per heavy atom. The Morgan fingerprint density at radius 3 is 2.67 bits per heavy atom. The number of hydrogen-bond donors (Lipinski definition) is 2. The molecule has 96 valence electrons. The highest BCUT2D eigenvalue weighted by atomic mass is 16.4. The van der Waals surface area contributed by atoms with Crippen LogP contribution in [0.25, 0.3) is 0 Å². The minimum absolute atomic E-state index is 0.194. The van der Waals surface area contributed by atoms with Gasteiger partial charge in [-0.05, 0) is 30.9 Å². The Morgan fingerprint density at radius 1 is 1.44 bits per heavy atom. The molecule has 0 bridgehead atoms. The SMILES string of the molecule is CCC(C)(NC(=O)C1Cc2ccccc21)C(=O)O. The average Bonchev–Trinajstić information content (AvgIpc) is 2.30. The van der Waals surface area contributed by atoms with Gasteiger partial charge in [-0.3, -0.25) is 4.79 Å². The lowest BCUT2D eigenvalue weighted by molar-refractivity contribution is -0.147. The fourth-order valence-electron chi connectivity index (χ4n) is 2.14. The summed E-state index contributed by atoms with van der Waals surface area (Å²) in [6.07, 6.45) is 1.06. The first-order chi connectivity index (χ1) is 8.48. The van der Waals surface area contributed by atoms with Gasteiger partial charge < -0.3 is 10.4 Å². The van der Waals surface area contributed by atoms with Crippen molar-refractivity contribution in [3.8, 4) is 0 Å². The van der Waals surface area contributed by atoms with Crippen LogP contribution in [0.15, 0.2) is 24.3 Å². The van der Waals surface area contributed by atoms with Crippen LogP contribution >= 0.6 is 0 Å². The van der Waals surface area contributed by atoms with Crippen LogP contribution in [-0.4, -0.2) is 22.5 Å². The molecule has 0 saturated carbocycles. The molecule has 1 aromatic rings.